The number of carbonyl (C=O) groups is 3. The van der Waals surface area contributed by atoms with Gasteiger partial charge in [0.05, 0.1) is 18.4 Å². The first-order chi connectivity index (χ1) is 13.5. The van der Waals surface area contributed by atoms with Gasteiger partial charge in [-0.15, -0.1) is 0 Å². The summed E-state index contributed by atoms with van der Waals surface area (Å²) in [4.78, 5) is 39.5. The zero-order valence-corrected chi connectivity index (χ0v) is 15.4. The molecule has 7 nitrogen and oxygen atoms in total. The van der Waals surface area contributed by atoms with Crippen LogP contribution in [0.25, 0.3) is 0 Å². The zero-order valence-electron chi connectivity index (χ0n) is 15.4. The molecule has 0 aliphatic carbocycles. The minimum absolute atomic E-state index is 0.270. The summed E-state index contributed by atoms with van der Waals surface area (Å²) in [7, 11) is 1.26. The predicted octanol–water partition coefficient (Wildman–Crippen LogP) is 1.90. The largest absolute Gasteiger partial charge is 0.465 e. The molecule has 2 aromatic rings. The smallest absolute Gasteiger partial charge is 0.337 e. The van der Waals surface area contributed by atoms with Gasteiger partial charge in [0, 0.05) is 31.9 Å². The fourth-order valence-corrected chi connectivity index (χ4v) is 3.03. The molecule has 1 heterocycles. The molecule has 0 saturated carbocycles. The van der Waals surface area contributed by atoms with Gasteiger partial charge in [0.2, 0.25) is 0 Å². The quantitative estimate of drug-likeness (QED) is 0.645. The summed E-state index contributed by atoms with van der Waals surface area (Å²) in [5.41, 5.74) is 1.08. The van der Waals surface area contributed by atoms with Crippen LogP contribution in [0.3, 0.4) is 0 Å². The lowest BCUT2D eigenvalue weighted by Crippen LogP contribution is -2.51. The molecular formula is C20H20FN3O4. The molecule has 2 aromatic carbocycles. The van der Waals surface area contributed by atoms with Crippen molar-refractivity contribution in [3.63, 3.8) is 0 Å². The Morgan fingerprint density at radius 2 is 1.71 bits per heavy atom. The number of anilines is 2. The lowest BCUT2D eigenvalue weighted by atomic mass is 10.2. The van der Waals surface area contributed by atoms with Crippen LogP contribution >= 0.6 is 0 Å². The third kappa shape index (κ3) is 4.28. The zero-order chi connectivity index (χ0) is 20.1. The number of nitrogens with zero attached hydrogens (tertiary/aromatic N) is 2. The second-order valence-corrected chi connectivity index (χ2v) is 6.26. The van der Waals surface area contributed by atoms with E-state index in [2.05, 4.69) is 10.1 Å². The van der Waals surface area contributed by atoms with E-state index < -0.39 is 17.8 Å². The summed E-state index contributed by atoms with van der Waals surface area (Å²) in [5.74, 6) is -2.31. The van der Waals surface area contributed by atoms with Gasteiger partial charge in [-0.25, -0.2) is 9.18 Å². The second-order valence-electron chi connectivity index (χ2n) is 6.26. The van der Waals surface area contributed by atoms with Crippen molar-refractivity contribution in [2.75, 3.05) is 43.5 Å². The molecule has 1 N–H and O–H groups in total. The number of methoxy groups -OCH3 is 1. The molecule has 1 fully saturated rings. The van der Waals surface area contributed by atoms with Crippen molar-refractivity contribution in [2.24, 2.45) is 0 Å². The maximum atomic E-state index is 13.9. The standard InChI is InChI=1S/C20H20FN3O4/c1-28-20(27)14-5-4-6-15(13-14)22-18(25)19(26)24-11-9-23(10-12-24)17-8-3-2-7-16(17)21/h2-8,13H,9-12H2,1H3,(H,22,25). The highest BCUT2D eigenvalue weighted by molar-refractivity contribution is 6.39. The number of esters is 1. The molecule has 0 aromatic heterocycles. The van der Waals surface area contributed by atoms with Gasteiger partial charge in [0.25, 0.3) is 0 Å². The lowest BCUT2D eigenvalue weighted by Gasteiger charge is -2.35. The maximum absolute atomic E-state index is 13.9. The van der Waals surface area contributed by atoms with Crippen LogP contribution in [0.1, 0.15) is 10.4 Å². The lowest BCUT2D eigenvalue weighted by molar-refractivity contribution is -0.143. The Morgan fingerprint density at radius 3 is 2.39 bits per heavy atom. The number of para-hydroxylation sites is 1. The van der Waals surface area contributed by atoms with Gasteiger partial charge >= 0.3 is 17.8 Å². The Bertz CT molecular complexity index is 895. The second kappa shape index (κ2) is 8.51. The average molecular weight is 385 g/mol. The minimum atomic E-state index is -0.790. The molecule has 28 heavy (non-hydrogen) atoms. The average Bonchev–Trinajstić information content (AvgIpc) is 2.73. The third-order valence-electron chi connectivity index (χ3n) is 4.50. The molecule has 146 valence electrons. The van der Waals surface area contributed by atoms with Crippen LogP contribution in [0.5, 0.6) is 0 Å². The maximum Gasteiger partial charge on any atom is 0.337 e. The van der Waals surface area contributed by atoms with Gasteiger partial charge < -0.3 is 19.9 Å². The number of halogens is 1. The van der Waals surface area contributed by atoms with Crippen LogP contribution in [-0.2, 0) is 14.3 Å². The number of rotatable bonds is 3. The molecule has 0 bridgehead atoms. The number of amides is 2. The van der Waals surface area contributed by atoms with E-state index in [-0.39, 0.29) is 11.4 Å². The highest BCUT2D eigenvalue weighted by atomic mass is 19.1. The number of nitrogens with one attached hydrogen (secondary N) is 1. The van der Waals surface area contributed by atoms with Crippen LogP contribution < -0.4 is 10.2 Å². The van der Waals surface area contributed by atoms with Crippen LogP contribution in [0.4, 0.5) is 15.8 Å². The van der Waals surface area contributed by atoms with Gasteiger partial charge in [-0.1, -0.05) is 18.2 Å². The van der Waals surface area contributed by atoms with E-state index >= 15 is 0 Å². The van der Waals surface area contributed by atoms with Crippen molar-refractivity contribution in [3.05, 3.63) is 59.9 Å². The topological polar surface area (TPSA) is 78.9 Å². The van der Waals surface area contributed by atoms with E-state index in [1.54, 1.807) is 36.4 Å². The van der Waals surface area contributed by atoms with Crippen molar-refractivity contribution in [1.82, 2.24) is 4.90 Å². The predicted molar refractivity (Wildman–Crippen MR) is 102 cm³/mol. The van der Waals surface area contributed by atoms with Gasteiger partial charge in [0.15, 0.2) is 0 Å². The Hall–Kier alpha value is -3.42. The molecular weight excluding hydrogens is 365 g/mol. The highest BCUT2D eigenvalue weighted by Gasteiger charge is 2.27. The normalized spacial score (nSPS) is 13.8. The van der Waals surface area contributed by atoms with Crippen molar-refractivity contribution in [1.29, 1.82) is 0 Å². The molecule has 2 amide bonds. The van der Waals surface area contributed by atoms with Crippen LogP contribution in [0.15, 0.2) is 48.5 Å². The molecule has 0 spiro atoms. The first kappa shape index (κ1) is 19.3. The fraction of sp³-hybridized carbons (Fsp3) is 0.250. The van der Waals surface area contributed by atoms with E-state index in [0.29, 0.717) is 37.6 Å². The summed E-state index contributed by atoms with van der Waals surface area (Å²) >= 11 is 0. The third-order valence-corrected chi connectivity index (χ3v) is 4.50. The van der Waals surface area contributed by atoms with E-state index in [0.717, 1.165) is 0 Å². The first-order valence-electron chi connectivity index (χ1n) is 8.77. The van der Waals surface area contributed by atoms with Crippen molar-refractivity contribution < 1.29 is 23.5 Å². The van der Waals surface area contributed by atoms with E-state index in [1.807, 2.05) is 4.90 Å². The van der Waals surface area contributed by atoms with Gasteiger partial charge in [-0.2, -0.15) is 0 Å². The number of hydrogen-bond donors (Lipinski definition) is 1. The Labute approximate surface area is 161 Å². The summed E-state index contributed by atoms with van der Waals surface area (Å²) in [6.45, 7) is 1.47. The monoisotopic (exact) mass is 385 g/mol. The summed E-state index contributed by atoms with van der Waals surface area (Å²) in [6, 6.07) is 12.6. The summed E-state index contributed by atoms with van der Waals surface area (Å²) in [5, 5.41) is 2.50. The van der Waals surface area contributed by atoms with Gasteiger partial charge in [-0.05, 0) is 30.3 Å². The first-order valence-corrected chi connectivity index (χ1v) is 8.77. The van der Waals surface area contributed by atoms with E-state index in [1.165, 1.54) is 24.1 Å². The Balaban J connectivity index is 1.58. The summed E-state index contributed by atoms with van der Waals surface area (Å²) in [6.07, 6.45) is 0. The fourth-order valence-electron chi connectivity index (χ4n) is 3.03. The number of hydrogen-bond acceptors (Lipinski definition) is 5. The van der Waals surface area contributed by atoms with Crippen molar-refractivity contribution in [2.45, 2.75) is 0 Å². The molecule has 0 atom stereocenters. The molecule has 3 rings (SSSR count). The number of ether oxygens (including phenoxy) is 1. The van der Waals surface area contributed by atoms with Crippen LogP contribution in [0, 0.1) is 5.82 Å². The van der Waals surface area contributed by atoms with Crippen molar-refractivity contribution in [3.8, 4) is 0 Å². The minimum Gasteiger partial charge on any atom is -0.465 e. The highest BCUT2D eigenvalue weighted by Crippen LogP contribution is 2.20. The SMILES string of the molecule is COC(=O)c1cccc(NC(=O)C(=O)N2CCN(c3ccccc3F)CC2)c1. The van der Waals surface area contributed by atoms with Crippen LogP contribution in [-0.4, -0.2) is 56.0 Å². The van der Waals surface area contributed by atoms with E-state index in [4.69, 9.17) is 0 Å². The van der Waals surface area contributed by atoms with Crippen molar-refractivity contribution >= 4 is 29.2 Å². The van der Waals surface area contributed by atoms with Crippen LogP contribution in [0.2, 0.25) is 0 Å². The number of piperazine rings is 1. The summed E-state index contributed by atoms with van der Waals surface area (Å²) < 4.78 is 18.5. The molecule has 1 aliphatic heterocycles. The Kier molecular flexibility index (Phi) is 5.88. The Morgan fingerprint density at radius 1 is 1.00 bits per heavy atom. The van der Waals surface area contributed by atoms with E-state index in [9.17, 15) is 18.8 Å². The number of carbonyl (C=O) groups excluding carboxylic acids is 3. The van der Waals surface area contributed by atoms with Gasteiger partial charge in [-0.3, -0.25) is 9.59 Å². The molecule has 0 unspecified atom stereocenters. The molecule has 1 aliphatic rings. The molecule has 8 heteroatoms. The molecule has 1 saturated heterocycles. The molecule has 0 radical (unpaired) electrons. The van der Waals surface area contributed by atoms with Gasteiger partial charge in [0.1, 0.15) is 5.82 Å². The number of benzene rings is 2.